The van der Waals surface area contributed by atoms with E-state index in [-0.39, 0.29) is 11.8 Å². The van der Waals surface area contributed by atoms with Gasteiger partial charge >= 0.3 is 0 Å². The highest BCUT2D eigenvalue weighted by Gasteiger charge is 2.51. The zero-order valence-electron chi connectivity index (χ0n) is 16.5. The summed E-state index contributed by atoms with van der Waals surface area (Å²) in [7, 11) is 0. The van der Waals surface area contributed by atoms with Crippen LogP contribution in [0.2, 0.25) is 0 Å². The average molecular weight is 393 g/mol. The van der Waals surface area contributed by atoms with Gasteiger partial charge in [-0.15, -0.1) is 0 Å². The Morgan fingerprint density at radius 2 is 2.07 bits per heavy atom. The second-order valence-electron chi connectivity index (χ2n) is 9.16. The highest BCUT2D eigenvalue weighted by molar-refractivity contribution is 8.16. The Balaban J connectivity index is 1.37. The number of thioether (sulfide) groups is 1. The summed E-state index contributed by atoms with van der Waals surface area (Å²) in [4.78, 5) is 31.4. The Hall–Kier alpha value is -1.08. The molecule has 2 heterocycles. The number of nitrogens with one attached hydrogen (secondary N) is 1. The fraction of sp³-hybridized carbons (Fsp3) is 0.850. The number of likely N-dealkylation sites (tertiary alicyclic amines) is 1. The minimum absolute atomic E-state index is 0.0603. The lowest BCUT2D eigenvalue weighted by molar-refractivity contribution is -0.132. The number of fused-ring (bicyclic) bond motifs is 2. The Kier molecular flexibility index (Phi) is 5.04. The van der Waals surface area contributed by atoms with Crippen molar-refractivity contribution in [2.24, 2.45) is 28.5 Å². The monoisotopic (exact) mass is 392 g/mol. The van der Waals surface area contributed by atoms with E-state index >= 15 is 0 Å². The van der Waals surface area contributed by atoms with Crippen molar-refractivity contribution < 1.29 is 9.59 Å². The van der Waals surface area contributed by atoms with Crippen LogP contribution in [0.25, 0.3) is 0 Å². The molecule has 0 spiro atoms. The van der Waals surface area contributed by atoms with E-state index < -0.39 is 10.4 Å². The van der Waals surface area contributed by atoms with E-state index in [4.69, 9.17) is 10.7 Å². The predicted molar refractivity (Wildman–Crippen MR) is 108 cm³/mol. The van der Waals surface area contributed by atoms with Gasteiger partial charge in [0, 0.05) is 19.5 Å². The molecule has 4 atom stereocenters. The van der Waals surface area contributed by atoms with Crippen LogP contribution in [0, 0.1) is 17.8 Å². The molecule has 6 nitrogen and oxygen atoms in total. The summed E-state index contributed by atoms with van der Waals surface area (Å²) >= 11 is 1.57. The summed E-state index contributed by atoms with van der Waals surface area (Å²) in [5.74, 6) is 1.96. The number of amidine groups is 1. The fourth-order valence-electron chi connectivity index (χ4n) is 5.53. The first-order valence-electron chi connectivity index (χ1n) is 10.5. The molecule has 0 aromatic rings. The first-order valence-corrected chi connectivity index (χ1v) is 11.3. The number of rotatable bonds is 4. The molecule has 27 heavy (non-hydrogen) atoms. The average Bonchev–Trinajstić information content (AvgIpc) is 3.28. The van der Waals surface area contributed by atoms with Gasteiger partial charge in [-0.1, -0.05) is 18.7 Å². The molecule has 2 aliphatic heterocycles. The number of piperidine rings is 1. The van der Waals surface area contributed by atoms with Crippen molar-refractivity contribution in [1.82, 2.24) is 10.2 Å². The van der Waals surface area contributed by atoms with Crippen molar-refractivity contribution >= 4 is 28.7 Å². The number of hydrogen-bond acceptors (Lipinski definition) is 5. The first-order chi connectivity index (χ1) is 12.8. The van der Waals surface area contributed by atoms with Crippen LogP contribution in [0.15, 0.2) is 4.99 Å². The largest absolute Gasteiger partial charge is 0.343 e. The molecule has 2 amide bonds. The van der Waals surface area contributed by atoms with E-state index in [2.05, 4.69) is 5.32 Å². The van der Waals surface area contributed by atoms with Crippen LogP contribution >= 0.6 is 11.8 Å². The molecule has 4 rings (SSSR count). The minimum Gasteiger partial charge on any atom is -0.343 e. The SMILES string of the molecule is CCC(=O)N1CCC(CC2(C)S/C(=N\C3(N)CC4CCC3C4)NC2=O)CC1. The van der Waals surface area contributed by atoms with Crippen molar-refractivity contribution in [3.8, 4) is 0 Å². The lowest BCUT2D eigenvalue weighted by Gasteiger charge is -2.34. The highest BCUT2D eigenvalue weighted by atomic mass is 32.2. The second kappa shape index (κ2) is 7.07. The van der Waals surface area contributed by atoms with Gasteiger partial charge in [0.25, 0.3) is 0 Å². The van der Waals surface area contributed by atoms with Crippen molar-refractivity contribution in [2.75, 3.05) is 13.1 Å². The van der Waals surface area contributed by atoms with Gasteiger partial charge < -0.3 is 16.0 Å². The lowest BCUT2D eigenvalue weighted by atomic mass is 9.87. The van der Waals surface area contributed by atoms with Crippen LogP contribution in [0.3, 0.4) is 0 Å². The first kappa shape index (κ1) is 19.2. The van der Waals surface area contributed by atoms with Crippen LogP contribution in [-0.2, 0) is 9.59 Å². The minimum atomic E-state index is -0.478. The molecule has 4 unspecified atom stereocenters. The number of nitrogens with two attached hydrogens (primary N) is 1. The van der Waals surface area contributed by atoms with Gasteiger partial charge in [-0.05, 0) is 69.6 Å². The van der Waals surface area contributed by atoms with E-state index in [1.165, 1.54) is 19.3 Å². The van der Waals surface area contributed by atoms with Crippen LogP contribution < -0.4 is 11.1 Å². The lowest BCUT2D eigenvalue weighted by Crippen LogP contribution is -2.44. The summed E-state index contributed by atoms with van der Waals surface area (Å²) < 4.78 is -0.478. The number of hydrogen-bond donors (Lipinski definition) is 2. The van der Waals surface area contributed by atoms with Gasteiger partial charge in [0.1, 0.15) is 5.66 Å². The summed E-state index contributed by atoms with van der Waals surface area (Å²) in [6.07, 6.45) is 7.96. The third-order valence-electron chi connectivity index (χ3n) is 7.14. The van der Waals surface area contributed by atoms with Crippen molar-refractivity contribution in [2.45, 2.75) is 75.6 Å². The van der Waals surface area contributed by atoms with E-state index in [1.54, 1.807) is 11.8 Å². The third kappa shape index (κ3) is 3.65. The summed E-state index contributed by atoms with van der Waals surface area (Å²) in [6, 6.07) is 0. The molecule has 0 aromatic carbocycles. The Morgan fingerprint density at radius 3 is 2.67 bits per heavy atom. The van der Waals surface area contributed by atoms with Gasteiger partial charge in [0.05, 0.1) is 4.75 Å². The maximum absolute atomic E-state index is 12.7. The molecular weight excluding hydrogens is 360 g/mol. The number of aliphatic imine (C=N–C) groups is 1. The molecule has 0 aromatic heterocycles. The van der Waals surface area contributed by atoms with Gasteiger partial charge in [0.15, 0.2) is 5.17 Å². The van der Waals surface area contributed by atoms with E-state index in [1.807, 2.05) is 18.7 Å². The topological polar surface area (TPSA) is 87.8 Å². The summed E-state index contributed by atoms with van der Waals surface area (Å²) in [6.45, 7) is 5.57. The standard InChI is InChI=1S/C20H32N4O2S/c1-3-16(25)24-8-6-13(7-9-24)11-19(2)17(26)22-18(27-19)23-20(21)12-14-4-5-15(20)10-14/h13-15H,3-12,21H2,1-2H3,(H,22,23,26). The van der Waals surface area contributed by atoms with Crippen LogP contribution in [0.4, 0.5) is 0 Å². The quantitative estimate of drug-likeness (QED) is 0.769. The number of carbonyl (C=O) groups is 2. The zero-order chi connectivity index (χ0) is 19.2. The fourth-order valence-corrected chi connectivity index (χ4v) is 6.78. The molecule has 2 bridgehead atoms. The van der Waals surface area contributed by atoms with Crippen LogP contribution in [0.5, 0.6) is 0 Å². The van der Waals surface area contributed by atoms with E-state index in [9.17, 15) is 9.59 Å². The number of amides is 2. The Morgan fingerprint density at radius 1 is 1.33 bits per heavy atom. The van der Waals surface area contributed by atoms with Crippen molar-refractivity contribution in [3.05, 3.63) is 0 Å². The summed E-state index contributed by atoms with van der Waals surface area (Å²) in [5, 5.41) is 3.73. The van der Waals surface area contributed by atoms with Gasteiger partial charge in [0.2, 0.25) is 11.8 Å². The number of carbonyl (C=O) groups excluding carboxylic acids is 2. The molecule has 3 N–H and O–H groups in total. The van der Waals surface area contributed by atoms with Crippen molar-refractivity contribution in [3.63, 3.8) is 0 Å². The maximum Gasteiger partial charge on any atom is 0.242 e. The molecular formula is C20H32N4O2S. The molecule has 0 radical (unpaired) electrons. The van der Waals surface area contributed by atoms with Gasteiger partial charge in [-0.3, -0.25) is 9.59 Å². The molecule has 2 aliphatic carbocycles. The van der Waals surface area contributed by atoms with E-state index in [0.29, 0.717) is 24.2 Å². The van der Waals surface area contributed by atoms with Gasteiger partial charge in [-0.2, -0.15) is 0 Å². The molecule has 4 aliphatic rings. The highest BCUT2D eigenvalue weighted by Crippen LogP contribution is 2.51. The third-order valence-corrected chi connectivity index (χ3v) is 8.33. The zero-order valence-corrected chi connectivity index (χ0v) is 17.3. The normalized spacial score (nSPS) is 40.8. The second-order valence-corrected chi connectivity index (χ2v) is 10.6. The van der Waals surface area contributed by atoms with Crippen molar-refractivity contribution in [1.29, 1.82) is 0 Å². The maximum atomic E-state index is 12.7. The predicted octanol–water partition coefficient (Wildman–Crippen LogP) is 2.48. The smallest absolute Gasteiger partial charge is 0.242 e. The Labute approximate surface area is 166 Å². The molecule has 2 saturated carbocycles. The molecule has 7 heteroatoms. The molecule has 4 fully saturated rings. The van der Waals surface area contributed by atoms with Gasteiger partial charge in [-0.25, -0.2) is 4.99 Å². The van der Waals surface area contributed by atoms with Crippen LogP contribution in [-0.4, -0.2) is 45.4 Å². The summed E-state index contributed by atoms with van der Waals surface area (Å²) in [5.41, 5.74) is 6.13. The van der Waals surface area contributed by atoms with E-state index in [0.717, 1.165) is 43.9 Å². The Bertz CT molecular complexity index is 660. The molecule has 2 saturated heterocycles. The molecule has 150 valence electrons. The van der Waals surface area contributed by atoms with Crippen LogP contribution in [0.1, 0.15) is 65.2 Å². The number of nitrogens with zero attached hydrogens (tertiary/aromatic N) is 2.